The fourth-order valence-electron chi connectivity index (χ4n) is 2.56. The number of nitrogens with zero attached hydrogens (tertiary/aromatic N) is 1. The van der Waals surface area contributed by atoms with E-state index in [4.69, 9.17) is 0 Å². The van der Waals surface area contributed by atoms with Crippen molar-refractivity contribution in [3.05, 3.63) is 29.8 Å². The first-order valence-corrected chi connectivity index (χ1v) is 6.81. The van der Waals surface area contributed by atoms with E-state index in [-0.39, 0.29) is 30.5 Å². The van der Waals surface area contributed by atoms with Crippen molar-refractivity contribution in [3.8, 4) is 0 Å². The number of hydrogen-bond donors (Lipinski definition) is 2. The smallest absolute Gasteiger partial charge is 0.229 e. The maximum Gasteiger partial charge on any atom is 0.229 e. The molecule has 7 heteroatoms. The van der Waals surface area contributed by atoms with Crippen LogP contribution >= 0.6 is 0 Å². The van der Waals surface area contributed by atoms with Gasteiger partial charge < -0.3 is 15.5 Å². The van der Waals surface area contributed by atoms with E-state index in [1.54, 1.807) is 0 Å². The molecule has 5 nitrogen and oxygen atoms in total. The Bertz CT molecular complexity index is 569. The highest BCUT2D eigenvalue weighted by Gasteiger charge is 2.36. The third-order valence-corrected chi connectivity index (χ3v) is 3.83. The lowest BCUT2D eigenvalue weighted by Gasteiger charge is -2.27. The van der Waals surface area contributed by atoms with Crippen LogP contribution in [-0.2, 0) is 9.59 Å². The summed E-state index contributed by atoms with van der Waals surface area (Å²) < 4.78 is 27.5. The summed E-state index contributed by atoms with van der Waals surface area (Å²) in [6, 6.07) is 3.05. The Kier molecular flexibility index (Phi) is 3.59. The second kappa shape index (κ2) is 5.40. The molecule has 0 spiro atoms. The van der Waals surface area contributed by atoms with Crippen LogP contribution in [-0.4, -0.2) is 37.5 Å². The number of para-hydroxylation sites is 1. The summed E-state index contributed by atoms with van der Waals surface area (Å²) in [5.74, 6) is -2.16. The van der Waals surface area contributed by atoms with Crippen molar-refractivity contribution in [1.82, 2.24) is 10.6 Å². The number of benzene rings is 1. The van der Waals surface area contributed by atoms with Gasteiger partial charge in [0, 0.05) is 26.1 Å². The summed E-state index contributed by atoms with van der Waals surface area (Å²) in [4.78, 5) is 24.9. The highest BCUT2D eigenvalue weighted by molar-refractivity contribution is 5.97. The minimum Gasteiger partial charge on any atom is -0.351 e. The third kappa shape index (κ3) is 2.61. The average Bonchev–Trinajstić information content (AvgIpc) is 2.67. The number of amides is 2. The minimum atomic E-state index is -0.779. The normalized spacial score (nSPS) is 22.3. The minimum absolute atomic E-state index is 0.0552. The molecule has 1 aromatic rings. The summed E-state index contributed by atoms with van der Waals surface area (Å²) in [6.45, 7) is 1.33. The van der Waals surface area contributed by atoms with Crippen LogP contribution in [0.1, 0.15) is 6.42 Å². The standard InChI is InChI=1S/C14H15F2N3O2/c15-10-2-1-3-11(16)13(10)19-7-9(4-12(19)20)18-14(21)8-5-17-6-8/h1-3,8-9,17H,4-7H2,(H,18,21). The van der Waals surface area contributed by atoms with Gasteiger partial charge in [0.05, 0.1) is 12.0 Å². The molecule has 21 heavy (non-hydrogen) atoms. The number of rotatable bonds is 3. The Morgan fingerprint density at radius 3 is 2.52 bits per heavy atom. The van der Waals surface area contributed by atoms with Gasteiger partial charge in [-0.15, -0.1) is 0 Å². The molecule has 0 radical (unpaired) electrons. The van der Waals surface area contributed by atoms with Gasteiger partial charge in [-0.25, -0.2) is 8.78 Å². The van der Waals surface area contributed by atoms with E-state index in [2.05, 4.69) is 10.6 Å². The monoisotopic (exact) mass is 295 g/mol. The SMILES string of the molecule is O=C(NC1CC(=O)N(c2c(F)cccc2F)C1)C1CNC1. The van der Waals surface area contributed by atoms with Crippen LogP contribution in [0, 0.1) is 17.6 Å². The Morgan fingerprint density at radius 2 is 1.95 bits per heavy atom. The molecule has 2 aliphatic heterocycles. The van der Waals surface area contributed by atoms with Crippen molar-refractivity contribution in [2.75, 3.05) is 24.5 Å². The predicted molar refractivity (Wildman–Crippen MR) is 71.6 cm³/mol. The molecule has 2 N–H and O–H groups in total. The number of nitrogens with one attached hydrogen (secondary N) is 2. The molecule has 2 fully saturated rings. The van der Waals surface area contributed by atoms with Crippen molar-refractivity contribution < 1.29 is 18.4 Å². The Morgan fingerprint density at radius 1 is 1.29 bits per heavy atom. The zero-order chi connectivity index (χ0) is 15.0. The van der Waals surface area contributed by atoms with Crippen molar-refractivity contribution in [2.45, 2.75) is 12.5 Å². The van der Waals surface area contributed by atoms with Crippen LogP contribution in [0.15, 0.2) is 18.2 Å². The fourth-order valence-corrected chi connectivity index (χ4v) is 2.56. The van der Waals surface area contributed by atoms with Gasteiger partial charge in [0.1, 0.15) is 17.3 Å². The fraction of sp³-hybridized carbons (Fsp3) is 0.429. The lowest BCUT2D eigenvalue weighted by atomic mass is 10.0. The molecule has 0 aromatic heterocycles. The number of carbonyl (C=O) groups is 2. The van der Waals surface area contributed by atoms with E-state index >= 15 is 0 Å². The second-order valence-electron chi connectivity index (χ2n) is 5.34. The Labute approximate surface area is 120 Å². The third-order valence-electron chi connectivity index (χ3n) is 3.83. The van der Waals surface area contributed by atoms with E-state index in [9.17, 15) is 18.4 Å². The van der Waals surface area contributed by atoms with Gasteiger partial charge in [0.15, 0.2) is 0 Å². The highest BCUT2D eigenvalue weighted by Crippen LogP contribution is 2.27. The molecule has 1 unspecified atom stereocenters. The topological polar surface area (TPSA) is 61.4 Å². The maximum absolute atomic E-state index is 13.7. The quantitative estimate of drug-likeness (QED) is 0.849. The van der Waals surface area contributed by atoms with Gasteiger partial charge in [0.2, 0.25) is 11.8 Å². The first kappa shape index (κ1) is 13.9. The van der Waals surface area contributed by atoms with Crippen molar-refractivity contribution >= 4 is 17.5 Å². The van der Waals surface area contributed by atoms with E-state index in [0.29, 0.717) is 13.1 Å². The summed E-state index contributed by atoms with van der Waals surface area (Å²) >= 11 is 0. The van der Waals surface area contributed by atoms with E-state index in [0.717, 1.165) is 17.0 Å². The number of hydrogen-bond acceptors (Lipinski definition) is 3. The first-order valence-electron chi connectivity index (χ1n) is 6.81. The average molecular weight is 295 g/mol. The van der Waals surface area contributed by atoms with Crippen molar-refractivity contribution in [1.29, 1.82) is 0 Å². The van der Waals surface area contributed by atoms with Crippen molar-refractivity contribution in [2.24, 2.45) is 5.92 Å². The van der Waals surface area contributed by atoms with Crippen LogP contribution in [0.3, 0.4) is 0 Å². The number of carbonyl (C=O) groups excluding carboxylic acids is 2. The Balaban J connectivity index is 1.71. The highest BCUT2D eigenvalue weighted by atomic mass is 19.1. The van der Waals surface area contributed by atoms with E-state index < -0.39 is 23.6 Å². The summed E-state index contributed by atoms with van der Waals surface area (Å²) in [7, 11) is 0. The first-order chi connectivity index (χ1) is 10.1. The van der Waals surface area contributed by atoms with Crippen LogP contribution in [0.5, 0.6) is 0 Å². The molecule has 2 saturated heterocycles. The molecule has 1 atom stereocenters. The zero-order valence-electron chi connectivity index (χ0n) is 11.2. The number of halogens is 2. The summed E-state index contributed by atoms with van der Waals surface area (Å²) in [6.07, 6.45) is 0.0552. The lowest BCUT2D eigenvalue weighted by Crippen LogP contribution is -2.53. The van der Waals surface area contributed by atoms with Gasteiger partial charge in [-0.1, -0.05) is 6.07 Å². The predicted octanol–water partition coefficient (Wildman–Crippen LogP) is 0.406. The molecule has 1 aromatic carbocycles. The van der Waals surface area contributed by atoms with Gasteiger partial charge >= 0.3 is 0 Å². The molecule has 2 aliphatic rings. The van der Waals surface area contributed by atoms with E-state index in [1.165, 1.54) is 6.07 Å². The molecule has 3 rings (SSSR count). The van der Waals surface area contributed by atoms with Crippen molar-refractivity contribution in [3.63, 3.8) is 0 Å². The molecule has 2 amide bonds. The number of anilines is 1. The molecule has 0 saturated carbocycles. The molecular formula is C14H15F2N3O2. The molecule has 112 valence electrons. The van der Waals surface area contributed by atoms with Crippen LogP contribution in [0.25, 0.3) is 0 Å². The molecule has 0 aliphatic carbocycles. The van der Waals surface area contributed by atoms with Gasteiger partial charge in [-0.2, -0.15) is 0 Å². The summed E-state index contributed by atoms with van der Waals surface area (Å²) in [5, 5.41) is 5.75. The Hall–Kier alpha value is -2.02. The lowest BCUT2D eigenvalue weighted by molar-refractivity contribution is -0.127. The maximum atomic E-state index is 13.7. The molecule has 2 heterocycles. The summed E-state index contributed by atoms with van der Waals surface area (Å²) in [5.41, 5.74) is -0.343. The van der Waals surface area contributed by atoms with Gasteiger partial charge in [-0.3, -0.25) is 9.59 Å². The largest absolute Gasteiger partial charge is 0.351 e. The van der Waals surface area contributed by atoms with Crippen LogP contribution in [0.4, 0.5) is 14.5 Å². The van der Waals surface area contributed by atoms with E-state index in [1.807, 2.05) is 0 Å². The second-order valence-corrected chi connectivity index (χ2v) is 5.34. The van der Waals surface area contributed by atoms with Gasteiger partial charge in [-0.05, 0) is 12.1 Å². The van der Waals surface area contributed by atoms with Crippen LogP contribution < -0.4 is 15.5 Å². The molecule has 0 bridgehead atoms. The zero-order valence-corrected chi connectivity index (χ0v) is 11.2. The van der Waals surface area contributed by atoms with Crippen LogP contribution in [0.2, 0.25) is 0 Å². The molecular weight excluding hydrogens is 280 g/mol. The van der Waals surface area contributed by atoms with Gasteiger partial charge in [0.25, 0.3) is 0 Å².